The first kappa shape index (κ1) is 21.6. The number of aromatic hydroxyl groups is 1. The van der Waals surface area contributed by atoms with Gasteiger partial charge in [-0.1, -0.05) is 41.4 Å². The maximum atomic E-state index is 13.9. The first-order valence-electron chi connectivity index (χ1n) is 9.95. The third-order valence-electron chi connectivity index (χ3n) is 6.30. The standard InChI is InChI=1S/C24H17Cl2IN2O3/c25-13-3-1-2-12(8-13)18-11-21(31)29-22(16-10-15(27)5-7-20(16)30)24(18)17-6-4-14(26)9-19(17)28-23(24)32/h1-10,18,22,30H,11H2,(H,28,32)(H,29,31). The van der Waals surface area contributed by atoms with Gasteiger partial charge in [0.15, 0.2) is 0 Å². The van der Waals surface area contributed by atoms with Gasteiger partial charge in [0.25, 0.3) is 0 Å². The maximum Gasteiger partial charge on any atom is 0.238 e. The zero-order valence-electron chi connectivity index (χ0n) is 16.5. The van der Waals surface area contributed by atoms with Crippen molar-refractivity contribution < 1.29 is 14.7 Å². The Kier molecular flexibility index (Phi) is 5.34. The van der Waals surface area contributed by atoms with Crippen LogP contribution in [0.1, 0.15) is 35.1 Å². The lowest BCUT2D eigenvalue weighted by molar-refractivity contribution is -0.131. The van der Waals surface area contributed by atoms with Crippen LogP contribution in [-0.4, -0.2) is 16.9 Å². The second-order valence-electron chi connectivity index (χ2n) is 8.03. The highest BCUT2D eigenvalue weighted by atomic mass is 127. The summed E-state index contributed by atoms with van der Waals surface area (Å²) >= 11 is 14.7. The van der Waals surface area contributed by atoms with Crippen molar-refractivity contribution in [3.05, 3.63) is 91.0 Å². The van der Waals surface area contributed by atoms with E-state index in [1.807, 2.05) is 18.2 Å². The van der Waals surface area contributed by atoms with Crippen LogP contribution in [0.2, 0.25) is 10.0 Å². The van der Waals surface area contributed by atoms with E-state index < -0.39 is 17.4 Å². The number of phenols is 1. The molecule has 1 fully saturated rings. The van der Waals surface area contributed by atoms with Crippen LogP contribution in [0.5, 0.6) is 5.75 Å². The van der Waals surface area contributed by atoms with Gasteiger partial charge in [-0.2, -0.15) is 0 Å². The average molecular weight is 579 g/mol. The minimum absolute atomic E-state index is 0.0112. The molecule has 3 N–H and O–H groups in total. The normalized spacial score (nSPS) is 24.2. The molecule has 0 aliphatic carbocycles. The van der Waals surface area contributed by atoms with E-state index in [4.69, 9.17) is 23.2 Å². The van der Waals surface area contributed by atoms with E-state index in [-0.39, 0.29) is 24.0 Å². The highest BCUT2D eigenvalue weighted by molar-refractivity contribution is 14.1. The zero-order valence-corrected chi connectivity index (χ0v) is 20.2. The van der Waals surface area contributed by atoms with Gasteiger partial charge in [0.2, 0.25) is 11.8 Å². The van der Waals surface area contributed by atoms with Gasteiger partial charge in [0, 0.05) is 37.2 Å². The maximum absolute atomic E-state index is 13.9. The molecule has 2 amide bonds. The predicted octanol–water partition coefficient (Wildman–Crippen LogP) is 5.54. The summed E-state index contributed by atoms with van der Waals surface area (Å²) in [5.74, 6) is -0.973. The first-order valence-corrected chi connectivity index (χ1v) is 11.8. The molecule has 3 aromatic carbocycles. The molecule has 0 radical (unpaired) electrons. The number of carbonyl (C=O) groups excluding carboxylic acids is 2. The number of benzene rings is 3. The molecule has 32 heavy (non-hydrogen) atoms. The van der Waals surface area contributed by atoms with E-state index in [0.29, 0.717) is 21.3 Å². The molecule has 8 heteroatoms. The van der Waals surface area contributed by atoms with Crippen LogP contribution in [-0.2, 0) is 15.0 Å². The number of carbonyl (C=O) groups is 2. The van der Waals surface area contributed by atoms with Crippen LogP contribution in [0, 0.1) is 3.57 Å². The van der Waals surface area contributed by atoms with Crippen molar-refractivity contribution in [3.8, 4) is 5.75 Å². The Morgan fingerprint density at radius 1 is 1.00 bits per heavy atom. The summed E-state index contributed by atoms with van der Waals surface area (Å²) in [5, 5.41) is 17.8. The summed E-state index contributed by atoms with van der Waals surface area (Å²) in [4.78, 5) is 26.8. The predicted molar refractivity (Wildman–Crippen MR) is 132 cm³/mol. The Labute approximate surface area is 208 Å². The lowest BCUT2D eigenvalue weighted by atomic mass is 9.59. The number of phenolic OH excluding ortho intramolecular Hbond substituents is 1. The highest BCUT2D eigenvalue weighted by Crippen LogP contribution is 2.58. The summed E-state index contributed by atoms with van der Waals surface area (Å²) in [5.41, 5.74) is 1.37. The number of anilines is 1. The third-order valence-corrected chi connectivity index (χ3v) is 7.44. The van der Waals surface area contributed by atoms with Crippen molar-refractivity contribution in [1.82, 2.24) is 5.32 Å². The van der Waals surface area contributed by atoms with Gasteiger partial charge in [-0.15, -0.1) is 0 Å². The molecule has 1 saturated heterocycles. The molecule has 2 aliphatic rings. The summed E-state index contributed by atoms with van der Waals surface area (Å²) in [6.45, 7) is 0. The third kappa shape index (κ3) is 3.27. The van der Waals surface area contributed by atoms with E-state index in [1.165, 1.54) is 0 Å². The second kappa shape index (κ2) is 7.93. The molecular formula is C24H17Cl2IN2O3. The van der Waals surface area contributed by atoms with E-state index in [9.17, 15) is 14.7 Å². The topological polar surface area (TPSA) is 78.4 Å². The Bertz CT molecular complexity index is 1280. The molecule has 5 nitrogen and oxygen atoms in total. The Balaban J connectivity index is 1.83. The van der Waals surface area contributed by atoms with Crippen LogP contribution in [0.15, 0.2) is 60.7 Å². The number of amides is 2. The van der Waals surface area contributed by atoms with Crippen molar-refractivity contribution in [1.29, 1.82) is 0 Å². The summed E-state index contributed by atoms with van der Waals surface area (Å²) in [6, 6.07) is 16.8. The van der Waals surface area contributed by atoms with Crippen LogP contribution >= 0.6 is 45.8 Å². The lowest BCUT2D eigenvalue weighted by Gasteiger charge is -2.46. The Hall–Kier alpha value is -2.29. The summed E-state index contributed by atoms with van der Waals surface area (Å²) < 4.78 is 0.874. The minimum Gasteiger partial charge on any atom is -0.508 e. The molecule has 3 unspecified atom stereocenters. The van der Waals surface area contributed by atoms with Gasteiger partial charge < -0.3 is 15.7 Å². The average Bonchev–Trinajstić information content (AvgIpc) is 3.02. The summed E-state index contributed by atoms with van der Waals surface area (Å²) in [7, 11) is 0. The van der Waals surface area contributed by atoms with Crippen LogP contribution in [0.25, 0.3) is 0 Å². The molecule has 1 spiro atoms. The number of nitrogens with one attached hydrogen (secondary N) is 2. The zero-order chi connectivity index (χ0) is 22.6. The largest absolute Gasteiger partial charge is 0.508 e. The monoisotopic (exact) mass is 578 g/mol. The molecule has 0 bridgehead atoms. The number of rotatable bonds is 2. The van der Waals surface area contributed by atoms with Gasteiger partial charge in [0.1, 0.15) is 11.2 Å². The van der Waals surface area contributed by atoms with E-state index >= 15 is 0 Å². The van der Waals surface area contributed by atoms with Crippen molar-refractivity contribution in [2.45, 2.75) is 23.8 Å². The van der Waals surface area contributed by atoms with Crippen LogP contribution in [0.4, 0.5) is 5.69 Å². The SMILES string of the molecule is O=C1CC(c2cccc(Cl)c2)C2(C(=O)Nc3cc(Cl)ccc32)C(c2cc(I)ccc2O)N1. The lowest BCUT2D eigenvalue weighted by Crippen LogP contribution is -2.56. The van der Waals surface area contributed by atoms with Crippen molar-refractivity contribution in [2.75, 3.05) is 5.32 Å². The molecule has 2 aliphatic heterocycles. The quantitative estimate of drug-likeness (QED) is 0.349. The second-order valence-corrected chi connectivity index (χ2v) is 10.1. The molecular weight excluding hydrogens is 562 g/mol. The molecule has 162 valence electrons. The minimum atomic E-state index is -1.21. The molecule has 3 aromatic rings. The van der Waals surface area contributed by atoms with Gasteiger partial charge in [-0.05, 0) is 76.2 Å². The summed E-state index contributed by atoms with van der Waals surface area (Å²) in [6.07, 6.45) is 0.0943. The highest BCUT2D eigenvalue weighted by Gasteiger charge is 2.61. The van der Waals surface area contributed by atoms with Gasteiger partial charge in [-0.3, -0.25) is 9.59 Å². The van der Waals surface area contributed by atoms with Crippen LogP contribution < -0.4 is 10.6 Å². The number of hydrogen-bond acceptors (Lipinski definition) is 3. The van der Waals surface area contributed by atoms with Gasteiger partial charge in [0.05, 0.1) is 6.04 Å². The fraction of sp³-hybridized carbons (Fsp3) is 0.167. The van der Waals surface area contributed by atoms with Crippen molar-refractivity contribution in [2.24, 2.45) is 0 Å². The van der Waals surface area contributed by atoms with Crippen LogP contribution in [0.3, 0.4) is 0 Å². The van der Waals surface area contributed by atoms with E-state index in [1.54, 1.807) is 42.5 Å². The molecule has 0 saturated carbocycles. The van der Waals surface area contributed by atoms with Crippen molar-refractivity contribution in [3.63, 3.8) is 0 Å². The molecule has 3 atom stereocenters. The first-order chi connectivity index (χ1) is 15.3. The molecule has 5 rings (SSSR count). The smallest absolute Gasteiger partial charge is 0.238 e. The van der Waals surface area contributed by atoms with Gasteiger partial charge >= 0.3 is 0 Å². The van der Waals surface area contributed by atoms with Crippen molar-refractivity contribution >= 4 is 63.3 Å². The number of hydrogen-bond donors (Lipinski definition) is 3. The Morgan fingerprint density at radius 3 is 2.56 bits per heavy atom. The fourth-order valence-electron chi connectivity index (χ4n) is 5.03. The van der Waals surface area contributed by atoms with E-state index in [0.717, 1.165) is 14.7 Å². The van der Waals surface area contributed by atoms with E-state index in [2.05, 4.69) is 33.2 Å². The number of fused-ring (bicyclic) bond motifs is 2. The Morgan fingerprint density at radius 2 is 1.78 bits per heavy atom. The fourth-order valence-corrected chi connectivity index (χ4v) is 5.91. The number of halogens is 3. The number of piperidine rings is 1. The van der Waals surface area contributed by atoms with Gasteiger partial charge in [-0.25, -0.2) is 0 Å². The molecule has 2 heterocycles. The molecule has 0 aromatic heterocycles.